The number of carbonyl (C=O) groups excluding carboxylic acids is 2. The summed E-state index contributed by atoms with van der Waals surface area (Å²) in [5.41, 5.74) is 0.830. The van der Waals surface area contributed by atoms with Crippen LogP contribution in [0.15, 0.2) is 48.5 Å². The smallest absolute Gasteiger partial charge is 0.304 e. The van der Waals surface area contributed by atoms with E-state index in [1.165, 1.54) is 19.0 Å². The van der Waals surface area contributed by atoms with Crippen LogP contribution in [0.4, 0.5) is 5.69 Å². The van der Waals surface area contributed by atoms with Gasteiger partial charge >= 0.3 is 10.2 Å². The lowest BCUT2D eigenvalue weighted by atomic mass is 10.1. The summed E-state index contributed by atoms with van der Waals surface area (Å²) in [6.07, 6.45) is 4.23. The van der Waals surface area contributed by atoms with E-state index < -0.39 is 28.7 Å². The summed E-state index contributed by atoms with van der Waals surface area (Å²) >= 11 is 12.8. The van der Waals surface area contributed by atoms with Crippen molar-refractivity contribution in [2.45, 2.75) is 57.7 Å². The molecule has 0 bridgehead atoms. The van der Waals surface area contributed by atoms with Crippen molar-refractivity contribution in [2.75, 3.05) is 24.9 Å². The fourth-order valence-corrected chi connectivity index (χ4v) is 6.02. The van der Waals surface area contributed by atoms with E-state index >= 15 is 0 Å². The first kappa shape index (κ1) is 29.2. The molecular formula is C26H34Cl2N4O4S. The van der Waals surface area contributed by atoms with Gasteiger partial charge in [0.1, 0.15) is 12.6 Å². The van der Waals surface area contributed by atoms with E-state index in [2.05, 4.69) is 5.32 Å². The molecular weight excluding hydrogens is 535 g/mol. The summed E-state index contributed by atoms with van der Waals surface area (Å²) < 4.78 is 28.5. The van der Waals surface area contributed by atoms with Gasteiger partial charge in [0.05, 0.1) is 5.69 Å². The number of benzene rings is 2. The molecule has 0 aromatic heterocycles. The topological polar surface area (TPSA) is 90.0 Å². The molecule has 0 saturated heterocycles. The Kier molecular flexibility index (Phi) is 10.2. The van der Waals surface area contributed by atoms with Crippen LogP contribution in [-0.4, -0.2) is 62.2 Å². The first-order valence-corrected chi connectivity index (χ1v) is 14.5. The maximum atomic E-state index is 13.9. The second-order valence-corrected chi connectivity index (χ2v) is 12.1. The Morgan fingerprint density at radius 3 is 2.14 bits per heavy atom. The number of nitrogens with zero attached hydrogens (tertiary/aromatic N) is 3. The molecule has 1 atom stereocenters. The van der Waals surface area contributed by atoms with Crippen molar-refractivity contribution in [3.05, 3.63) is 64.1 Å². The van der Waals surface area contributed by atoms with E-state index in [9.17, 15) is 18.0 Å². The van der Waals surface area contributed by atoms with E-state index in [4.69, 9.17) is 23.2 Å². The Morgan fingerprint density at radius 1 is 1.00 bits per heavy atom. The number of hydrogen-bond donors (Lipinski definition) is 1. The fourth-order valence-electron chi connectivity index (χ4n) is 4.45. The average molecular weight is 570 g/mol. The van der Waals surface area contributed by atoms with Crippen LogP contribution in [0.1, 0.15) is 44.6 Å². The van der Waals surface area contributed by atoms with Gasteiger partial charge in [-0.3, -0.25) is 9.59 Å². The van der Waals surface area contributed by atoms with Crippen molar-refractivity contribution in [1.82, 2.24) is 14.5 Å². The van der Waals surface area contributed by atoms with Crippen molar-refractivity contribution < 1.29 is 18.0 Å². The van der Waals surface area contributed by atoms with Crippen molar-refractivity contribution in [3.8, 4) is 0 Å². The lowest BCUT2D eigenvalue weighted by Gasteiger charge is -2.34. The molecule has 11 heteroatoms. The summed E-state index contributed by atoms with van der Waals surface area (Å²) in [5.74, 6) is -0.814. The Labute approximate surface area is 229 Å². The maximum Gasteiger partial charge on any atom is 0.304 e. The third-order valence-corrected chi connectivity index (χ3v) is 9.07. The van der Waals surface area contributed by atoms with E-state index in [0.29, 0.717) is 27.7 Å². The molecule has 2 aromatic carbocycles. The predicted molar refractivity (Wildman–Crippen MR) is 148 cm³/mol. The number of amides is 2. The normalized spacial score (nSPS) is 15.0. The first-order chi connectivity index (χ1) is 17.6. The van der Waals surface area contributed by atoms with Gasteiger partial charge in [-0.15, -0.1) is 0 Å². The molecule has 0 heterocycles. The molecule has 0 spiro atoms. The maximum absolute atomic E-state index is 13.9. The van der Waals surface area contributed by atoms with Crippen LogP contribution in [0.5, 0.6) is 0 Å². The highest BCUT2D eigenvalue weighted by molar-refractivity contribution is 7.90. The molecule has 1 aliphatic rings. The Hall–Kier alpha value is -2.33. The quantitative estimate of drug-likeness (QED) is 0.433. The third-order valence-electron chi connectivity index (χ3n) is 6.54. The van der Waals surface area contributed by atoms with E-state index in [0.717, 1.165) is 34.3 Å². The molecule has 1 unspecified atom stereocenters. The Morgan fingerprint density at radius 2 is 1.59 bits per heavy atom. The van der Waals surface area contributed by atoms with Gasteiger partial charge in [0.2, 0.25) is 11.8 Å². The van der Waals surface area contributed by atoms with Crippen molar-refractivity contribution in [1.29, 1.82) is 0 Å². The third kappa shape index (κ3) is 7.16. The zero-order valence-corrected chi connectivity index (χ0v) is 23.7. The van der Waals surface area contributed by atoms with Gasteiger partial charge in [0.15, 0.2) is 0 Å². The molecule has 2 amide bonds. The van der Waals surface area contributed by atoms with Gasteiger partial charge in [-0.25, -0.2) is 4.31 Å². The number of nitrogens with one attached hydrogen (secondary N) is 1. The molecule has 2 aromatic rings. The molecule has 0 radical (unpaired) electrons. The summed E-state index contributed by atoms with van der Waals surface area (Å²) in [6, 6.07) is 12.7. The lowest BCUT2D eigenvalue weighted by molar-refractivity contribution is -0.140. The number of hydrogen-bond acceptors (Lipinski definition) is 4. The van der Waals surface area contributed by atoms with Crippen LogP contribution in [0.3, 0.4) is 0 Å². The largest absolute Gasteiger partial charge is 0.352 e. The van der Waals surface area contributed by atoms with Gasteiger partial charge in [-0.1, -0.05) is 67.2 Å². The predicted octanol–water partition coefficient (Wildman–Crippen LogP) is 4.47. The molecule has 3 rings (SSSR count). The fraction of sp³-hybridized carbons (Fsp3) is 0.462. The van der Waals surface area contributed by atoms with Crippen LogP contribution in [-0.2, 0) is 26.3 Å². The van der Waals surface area contributed by atoms with E-state index in [1.807, 2.05) is 6.92 Å². The monoisotopic (exact) mass is 568 g/mol. The summed E-state index contributed by atoms with van der Waals surface area (Å²) in [4.78, 5) is 28.7. The van der Waals surface area contributed by atoms with Gasteiger partial charge in [-0.05, 0) is 43.5 Å². The molecule has 1 N–H and O–H groups in total. The summed E-state index contributed by atoms with van der Waals surface area (Å²) in [5, 5.41) is 3.79. The second-order valence-electron chi connectivity index (χ2n) is 9.27. The Balaban J connectivity index is 1.99. The molecule has 1 aliphatic carbocycles. The minimum atomic E-state index is -4.01. The zero-order valence-electron chi connectivity index (χ0n) is 21.4. The van der Waals surface area contributed by atoms with Crippen LogP contribution >= 0.6 is 23.2 Å². The molecule has 37 heavy (non-hydrogen) atoms. The minimum Gasteiger partial charge on any atom is -0.352 e. The van der Waals surface area contributed by atoms with Crippen LogP contribution in [0, 0.1) is 0 Å². The molecule has 8 nitrogen and oxygen atoms in total. The number of carbonyl (C=O) groups is 2. The Bertz CT molecular complexity index is 1170. The number of halogens is 2. The highest BCUT2D eigenvalue weighted by Crippen LogP contribution is 2.28. The van der Waals surface area contributed by atoms with Gasteiger partial charge in [-0.2, -0.15) is 12.7 Å². The lowest BCUT2D eigenvalue weighted by Crippen LogP contribution is -2.54. The SMILES string of the molecule is CCC(C(=O)NC1CCCC1)N(Cc1c(Cl)cccc1Cl)C(=O)CN(c1ccccc1)S(=O)(=O)N(C)C. The first-order valence-electron chi connectivity index (χ1n) is 12.3. The molecule has 1 saturated carbocycles. The standard InChI is InChI=1S/C26H34Cl2N4O4S/c1-4-24(26(34)29-19-11-8-9-12-19)31(17-21-22(27)15-10-16-23(21)28)25(33)18-32(37(35,36)30(2)3)20-13-6-5-7-14-20/h5-7,10,13-16,19,24H,4,8-9,11-12,17-18H2,1-3H3,(H,29,34). The van der Waals surface area contributed by atoms with E-state index in [-0.39, 0.29) is 18.5 Å². The van der Waals surface area contributed by atoms with Crippen molar-refractivity contribution in [3.63, 3.8) is 0 Å². The van der Waals surface area contributed by atoms with Crippen LogP contribution in [0.2, 0.25) is 10.0 Å². The average Bonchev–Trinajstić information content (AvgIpc) is 3.37. The van der Waals surface area contributed by atoms with Gasteiger partial charge in [0.25, 0.3) is 0 Å². The number of rotatable bonds is 11. The molecule has 0 aliphatic heterocycles. The number of anilines is 1. The number of para-hydroxylation sites is 1. The molecule has 1 fully saturated rings. The second kappa shape index (κ2) is 13.0. The molecule has 202 valence electrons. The minimum absolute atomic E-state index is 0.0431. The van der Waals surface area contributed by atoms with Crippen LogP contribution in [0.25, 0.3) is 0 Å². The van der Waals surface area contributed by atoms with Crippen molar-refractivity contribution >= 4 is 50.9 Å². The summed E-state index contributed by atoms with van der Waals surface area (Å²) in [6.45, 7) is 1.28. The van der Waals surface area contributed by atoms with Gasteiger partial charge in [0, 0.05) is 42.3 Å². The van der Waals surface area contributed by atoms with Crippen LogP contribution < -0.4 is 9.62 Å². The van der Waals surface area contributed by atoms with Gasteiger partial charge < -0.3 is 10.2 Å². The zero-order chi connectivity index (χ0) is 27.2. The highest BCUT2D eigenvalue weighted by atomic mass is 35.5. The highest BCUT2D eigenvalue weighted by Gasteiger charge is 2.35. The van der Waals surface area contributed by atoms with Crippen molar-refractivity contribution in [2.24, 2.45) is 0 Å². The van der Waals surface area contributed by atoms with E-state index in [1.54, 1.807) is 48.5 Å². The summed E-state index contributed by atoms with van der Waals surface area (Å²) in [7, 11) is -1.21.